The van der Waals surface area contributed by atoms with Crippen molar-refractivity contribution in [2.75, 3.05) is 6.61 Å². The maximum atomic E-state index is 11.2. The van der Waals surface area contributed by atoms with Gasteiger partial charge in [-0.25, -0.2) is 4.79 Å². The van der Waals surface area contributed by atoms with Crippen molar-refractivity contribution in [3.8, 4) is 0 Å². The van der Waals surface area contributed by atoms with E-state index in [4.69, 9.17) is 5.11 Å². The van der Waals surface area contributed by atoms with Gasteiger partial charge in [-0.1, -0.05) is 0 Å². The van der Waals surface area contributed by atoms with Gasteiger partial charge >= 0.3 is 12.1 Å². The summed E-state index contributed by atoms with van der Waals surface area (Å²) in [4.78, 5) is 21.3. The van der Waals surface area contributed by atoms with Crippen molar-refractivity contribution in [2.24, 2.45) is 11.1 Å². The highest BCUT2D eigenvalue weighted by Gasteiger charge is 2.25. The molecule has 6 nitrogen and oxygen atoms in total. The summed E-state index contributed by atoms with van der Waals surface area (Å²) in [6.07, 6.45) is -2.51. The van der Waals surface area contributed by atoms with E-state index in [0.29, 0.717) is 0 Å². The van der Waals surface area contributed by atoms with Gasteiger partial charge in [0.1, 0.15) is 0 Å². The molecule has 0 heterocycles. The molecule has 0 radical (unpaired) electrons. The Balaban J connectivity index is 3.89. The molecule has 14 heavy (non-hydrogen) atoms. The molecule has 0 fully saturated rings. The van der Waals surface area contributed by atoms with Crippen LogP contribution in [0.2, 0.25) is 0 Å². The number of rotatable bonds is 3. The summed E-state index contributed by atoms with van der Waals surface area (Å²) in [5.74, 6) is -0.585. The summed E-state index contributed by atoms with van der Waals surface area (Å²) in [5.41, 5.74) is 3.93. The minimum atomic E-state index is -1.48. The Morgan fingerprint density at radius 2 is 1.93 bits per heavy atom. The fraction of sp³-hybridized carbons (Fsp3) is 0.750. The third-order valence-electron chi connectivity index (χ3n) is 1.22. The molecule has 0 rings (SSSR count). The lowest BCUT2D eigenvalue weighted by Crippen LogP contribution is -2.32. The van der Waals surface area contributed by atoms with Gasteiger partial charge in [-0.05, 0) is 20.8 Å². The molecule has 0 saturated carbocycles. The second kappa shape index (κ2) is 4.80. The van der Waals surface area contributed by atoms with E-state index in [1.165, 1.54) is 0 Å². The number of primary amides is 1. The van der Waals surface area contributed by atoms with Crippen LogP contribution >= 0.6 is 0 Å². The number of ether oxygens (including phenoxy) is 2. The van der Waals surface area contributed by atoms with Crippen molar-refractivity contribution in [1.29, 1.82) is 0 Å². The molecule has 1 amide bonds. The number of hydrogen-bond acceptors (Lipinski definition) is 5. The molecule has 6 heteroatoms. The van der Waals surface area contributed by atoms with E-state index in [2.05, 4.69) is 15.2 Å². The number of carbonyl (C=O) groups is 2. The number of carbonyl (C=O) groups excluding carboxylic acids is 2. The maximum absolute atomic E-state index is 11.2. The fourth-order valence-corrected chi connectivity index (χ4v) is 0.488. The summed E-state index contributed by atoms with van der Waals surface area (Å²) >= 11 is 0. The molecule has 0 aliphatic rings. The monoisotopic (exact) mass is 205 g/mol. The zero-order valence-electron chi connectivity index (χ0n) is 8.44. The van der Waals surface area contributed by atoms with Crippen molar-refractivity contribution >= 4 is 12.1 Å². The fourth-order valence-electron chi connectivity index (χ4n) is 0.488. The molecule has 0 aromatic rings. The van der Waals surface area contributed by atoms with Crippen LogP contribution in [0.5, 0.6) is 0 Å². The molecule has 0 aromatic heterocycles. The summed E-state index contributed by atoms with van der Waals surface area (Å²) in [7, 11) is 0. The van der Waals surface area contributed by atoms with Crippen LogP contribution in [0, 0.1) is 5.41 Å². The van der Waals surface area contributed by atoms with Crippen LogP contribution < -0.4 is 5.73 Å². The quantitative estimate of drug-likeness (QED) is 0.498. The SMILES string of the molecule is CC(C)(C)C(=O)OC(O)COC(N)=O. The zero-order chi connectivity index (χ0) is 11.4. The number of nitrogens with two attached hydrogens (primary N) is 1. The third kappa shape index (κ3) is 5.36. The summed E-state index contributed by atoms with van der Waals surface area (Å²) < 4.78 is 8.78. The average Bonchev–Trinajstić information content (AvgIpc) is 1.99. The molecular weight excluding hydrogens is 190 g/mol. The Bertz CT molecular complexity index is 220. The van der Waals surface area contributed by atoms with E-state index in [9.17, 15) is 9.59 Å². The molecule has 1 unspecified atom stereocenters. The van der Waals surface area contributed by atoms with Crippen molar-refractivity contribution in [3.05, 3.63) is 0 Å². The molecule has 3 N–H and O–H groups in total. The van der Waals surface area contributed by atoms with Crippen LogP contribution in [0.25, 0.3) is 0 Å². The van der Waals surface area contributed by atoms with E-state index in [-0.39, 0.29) is 0 Å². The number of amides is 1. The normalized spacial score (nSPS) is 13.1. The van der Waals surface area contributed by atoms with E-state index < -0.39 is 30.4 Å². The van der Waals surface area contributed by atoms with Crippen LogP contribution in [0.1, 0.15) is 20.8 Å². The van der Waals surface area contributed by atoms with E-state index >= 15 is 0 Å². The molecule has 0 bridgehead atoms. The molecule has 0 saturated heterocycles. The minimum absolute atomic E-state index is 0.461. The van der Waals surface area contributed by atoms with Crippen molar-refractivity contribution in [3.63, 3.8) is 0 Å². The van der Waals surface area contributed by atoms with Gasteiger partial charge in [-0.3, -0.25) is 4.79 Å². The predicted octanol–water partition coefficient (Wildman–Crippen LogP) is -0.0106. The van der Waals surface area contributed by atoms with Crippen LogP contribution in [-0.4, -0.2) is 30.1 Å². The number of esters is 1. The molecule has 0 spiro atoms. The Kier molecular flexibility index (Phi) is 4.36. The van der Waals surface area contributed by atoms with Gasteiger partial charge in [0.05, 0.1) is 5.41 Å². The average molecular weight is 205 g/mol. The standard InChI is InChI=1S/C8H15NO5/c1-8(2,3)6(11)14-5(10)4-13-7(9)12/h5,10H,4H2,1-3H3,(H2,9,12). The first-order valence-electron chi connectivity index (χ1n) is 4.05. The first-order valence-corrected chi connectivity index (χ1v) is 4.05. The van der Waals surface area contributed by atoms with Gasteiger partial charge < -0.3 is 20.3 Å². The maximum Gasteiger partial charge on any atom is 0.404 e. The lowest BCUT2D eigenvalue weighted by Gasteiger charge is -2.19. The summed E-state index contributed by atoms with van der Waals surface area (Å²) in [6.45, 7) is 4.45. The first kappa shape index (κ1) is 12.7. The Hall–Kier alpha value is -1.30. The smallest absolute Gasteiger partial charge is 0.404 e. The molecule has 0 aromatic carbocycles. The van der Waals surface area contributed by atoms with Crippen LogP contribution in [0.3, 0.4) is 0 Å². The molecule has 1 atom stereocenters. The van der Waals surface area contributed by atoms with Gasteiger partial charge in [0.25, 0.3) is 0 Å². The van der Waals surface area contributed by atoms with Crippen molar-refractivity contribution in [1.82, 2.24) is 0 Å². The second-order valence-electron chi connectivity index (χ2n) is 3.74. The Labute approximate surface area is 82.0 Å². The van der Waals surface area contributed by atoms with Gasteiger partial charge in [0, 0.05) is 0 Å². The van der Waals surface area contributed by atoms with Gasteiger partial charge in [0.2, 0.25) is 6.29 Å². The van der Waals surface area contributed by atoms with Gasteiger partial charge in [-0.15, -0.1) is 0 Å². The Morgan fingerprint density at radius 1 is 1.43 bits per heavy atom. The highest BCUT2D eigenvalue weighted by atomic mass is 16.7. The third-order valence-corrected chi connectivity index (χ3v) is 1.22. The molecule has 82 valence electrons. The summed E-state index contributed by atoms with van der Waals surface area (Å²) in [6, 6.07) is 0. The lowest BCUT2D eigenvalue weighted by atomic mass is 9.97. The zero-order valence-corrected chi connectivity index (χ0v) is 8.44. The highest BCUT2D eigenvalue weighted by molar-refractivity contribution is 5.75. The topological polar surface area (TPSA) is 98.8 Å². The van der Waals surface area contributed by atoms with Crippen molar-refractivity contribution in [2.45, 2.75) is 27.1 Å². The van der Waals surface area contributed by atoms with E-state index in [0.717, 1.165) is 0 Å². The highest BCUT2D eigenvalue weighted by Crippen LogP contribution is 2.15. The first-order chi connectivity index (χ1) is 6.23. The predicted molar refractivity (Wildman–Crippen MR) is 47.1 cm³/mol. The van der Waals surface area contributed by atoms with E-state index in [1.54, 1.807) is 20.8 Å². The number of aliphatic hydroxyl groups excluding tert-OH is 1. The molecular formula is C8H15NO5. The summed E-state index contributed by atoms with van der Waals surface area (Å²) in [5, 5.41) is 9.06. The van der Waals surface area contributed by atoms with Gasteiger partial charge in [-0.2, -0.15) is 0 Å². The molecule has 0 aliphatic carbocycles. The van der Waals surface area contributed by atoms with Crippen LogP contribution in [0.15, 0.2) is 0 Å². The molecule has 0 aliphatic heterocycles. The number of hydrogen-bond donors (Lipinski definition) is 2. The van der Waals surface area contributed by atoms with Gasteiger partial charge in [0.15, 0.2) is 6.61 Å². The van der Waals surface area contributed by atoms with Crippen molar-refractivity contribution < 1.29 is 24.2 Å². The van der Waals surface area contributed by atoms with Crippen LogP contribution in [-0.2, 0) is 14.3 Å². The van der Waals surface area contributed by atoms with Crippen LogP contribution in [0.4, 0.5) is 4.79 Å². The lowest BCUT2D eigenvalue weighted by molar-refractivity contribution is -0.182. The largest absolute Gasteiger partial charge is 0.443 e. The Morgan fingerprint density at radius 3 is 2.29 bits per heavy atom. The number of aliphatic hydroxyl groups is 1. The minimum Gasteiger partial charge on any atom is -0.443 e. The second-order valence-corrected chi connectivity index (χ2v) is 3.74. The van der Waals surface area contributed by atoms with E-state index in [1.807, 2.05) is 0 Å².